The van der Waals surface area contributed by atoms with Gasteiger partial charge in [0.15, 0.2) is 11.6 Å². The van der Waals surface area contributed by atoms with Crippen LogP contribution in [0.2, 0.25) is 5.02 Å². The van der Waals surface area contributed by atoms with E-state index in [1.54, 1.807) is 24.3 Å². The maximum atomic E-state index is 14.5. The van der Waals surface area contributed by atoms with Gasteiger partial charge in [0.2, 0.25) is 0 Å². The Hall–Kier alpha value is -1.60. The predicted octanol–water partition coefficient (Wildman–Crippen LogP) is 5.93. The van der Waals surface area contributed by atoms with E-state index in [0.717, 1.165) is 25.9 Å². The molecule has 0 N–H and O–H groups in total. The Bertz CT molecular complexity index is 789. The topological polar surface area (TPSA) is 3.24 Å². The van der Waals surface area contributed by atoms with E-state index in [4.69, 9.17) is 11.6 Å². The van der Waals surface area contributed by atoms with Crippen molar-refractivity contribution in [3.63, 3.8) is 0 Å². The zero-order valence-corrected chi connectivity index (χ0v) is 16.0. The smallest absolute Gasteiger partial charge is 0.176 e. The van der Waals surface area contributed by atoms with Crippen LogP contribution in [-0.2, 0) is 0 Å². The van der Waals surface area contributed by atoms with E-state index in [2.05, 4.69) is 16.7 Å². The van der Waals surface area contributed by atoms with Crippen LogP contribution in [0.3, 0.4) is 0 Å². The van der Waals surface area contributed by atoms with E-state index >= 15 is 0 Å². The summed E-state index contributed by atoms with van der Waals surface area (Å²) in [5.74, 6) is 3.80. The number of hydrogen-bond acceptors (Lipinski definition) is 1. The molecule has 1 heterocycles. The van der Waals surface area contributed by atoms with Gasteiger partial charge < -0.3 is 0 Å². The summed E-state index contributed by atoms with van der Waals surface area (Å²) in [6.45, 7) is 2.57. The first-order valence-corrected chi connectivity index (χ1v) is 8.99. The van der Waals surface area contributed by atoms with Crippen molar-refractivity contribution in [1.82, 2.24) is 4.90 Å². The summed E-state index contributed by atoms with van der Waals surface area (Å²) in [6, 6.07) is 10.3. The number of halogens is 4. The summed E-state index contributed by atoms with van der Waals surface area (Å²) >= 11 is 6.18. The average molecular weight is 396 g/mol. The van der Waals surface area contributed by atoms with Gasteiger partial charge in [-0.05, 0) is 37.6 Å². The molecule has 0 radical (unpaired) electrons. The Kier molecular flexibility index (Phi) is 7.90. The maximum Gasteiger partial charge on any atom is 0.176 e. The molecule has 0 unspecified atom stereocenters. The van der Waals surface area contributed by atoms with Gasteiger partial charge in [-0.3, -0.25) is 4.90 Å². The third-order valence-corrected chi connectivity index (χ3v) is 4.76. The molecule has 0 atom stereocenters. The monoisotopic (exact) mass is 395 g/mol. The zero-order chi connectivity index (χ0) is 17.6. The lowest BCUT2D eigenvalue weighted by Crippen LogP contribution is -2.24. The van der Waals surface area contributed by atoms with Crippen molar-refractivity contribution >= 4 is 24.0 Å². The van der Waals surface area contributed by atoms with Crippen LogP contribution in [0.1, 0.15) is 31.2 Å². The first-order chi connectivity index (χ1) is 12.2. The second kappa shape index (κ2) is 9.92. The van der Waals surface area contributed by atoms with Gasteiger partial charge in [0.25, 0.3) is 0 Å². The molecule has 1 fully saturated rings. The van der Waals surface area contributed by atoms with Crippen LogP contribution in [-0.4, -0.2) is 24.5 Å². The molecule has 0 saturated carbocycles. The van der Waals surface area contributed by atoms with Crippen LogP contribution >= 0.6 is 24.0 Å². The third kappa shape index (κ3) is 4.98. The highest BCUT2D eigenvalue weighted by Gasteiger charge is 2.17. The van der Waals surface area contributed by atoms with E-state index in [1.807, 2.05) is 6.07 Å². The Morgan fingerprint density at radius 2 is 1.62 bits per heavy atom. The minimum atomic E-state index is -0.977. The summed E-state index contributed by atoms with van der Waals surface area (Å²) in [6.07, 6.45) is 4.82. The zero-order valence-electron chi connectivity index (χ0n) is 14.4. The fraction of sp³-hybridized carbons (Fsp3) is 0.333. The van der Waals surface area contributed by atoms with Crippen molar-refractivity contribution in [1.29, 1.82) is 0 Å². The molecule has 0 spiro atoms. The Balaban J connectivity index is 0.00000243. The predicted molar refractivity (Wildman–Crippen MR) is 106 cm³/mol. The van der Waals surface area contributed by atoms with Crippen molar-refractivity contribution in [2.24, 2.45) is 0 Å². The first kappa shape index (κ1) is 20.7. The quantitative estimate of drug-likeness (QED) is 0.449. The second-order valence-electron chi connectivity index (χ2n) is 6.27. The van der Waals surface area contributed by atoms with Crippen LogP contribution in [0.15, 0.2) is 36.4 Å². The third-order valence-electron chi connectivity index (χ3n) is 4.46. The summed E-state index contributed by atoms with van der Waals surface area (Å²) in [5, 5.41) is 0.140. The lowest BCUT2D eigenvalue weighted by molar-refractivity contribution is 0.320. The van der Waals surface area contributed by atoms with Crippen LogP contribution in [0.25, 0.3) is 11.1 Å². The fourth-order valence-electron chi connectivity index (χ4n) is 3.07. The van der Waals surface area contributed by atoms with Crippen molar-refractivity contribution < 1.29 is 8.78 Å². The molecule has 1 saturated heterocycles. The van der Waals surface area contributed by atoms with Gasteiger partial charge in [-0.2, -0.15) is 0 Å². The fourth-order valence-corrected chi connectivity index (χ4v) is 3.31. The van der Waals surface area contributed by atoms with Gasteiger partial charge in [0.1, 0.15) is 0 Å². The Morgan fingerprint density at radius 1 is 0.962 bits per heavy atom. The number of nitrogens with zero attached hydrogens (tertiary/aromatic N) is 1. The number of rotatable bonds is 2. The summed E-state index contributed by atoms with van der Waals surface area (Å²) in [5.41, 5.74) is 0.680. The lowest BCUT2D eigenvalue weighted by atomic mass is 10.0. The number of likely N-dealkylation sites (tertiary alicyclic amines) is 1. The molecule has 5 heteroatoms. The van der Waals surface area contributed by atoms with Crippen molar-refractivity contribution in [3.8, 4) is 23.0 Å². The molecule has 0 amide bonds. The molecule has 2 aromatic rings. The highest BCUT2D eigenvalue weighted by molar-refractivity contribution is 6.32. The van der Waals surface area contributed by atoms with Gasteiger partial charge in [-0.1, -0.05) is 66.6 Å². The molecular weight excluding hydrogens is 375 g/mol. The highest BCUT2D eigenvalue weighted by Crippen LogP contribution is 2.31. The highest BCUT2D eigenvalue weighted by atomic mass is 35.5. The lowest BCUT2D eigenvalue weighted by Gasteiger charge is -2.15. The van der Waals surface area contributed by atoms with Gasteiger partial charge in [-0.15, -0.1) is 12.4 Å². The number of hydrogen-bond donors (Lipinski definition) is 0. The minimum Gasteiger partial charge on any atom is -0.292 e. The van der Waals surface area contributed by atoms with Gasteiger partial charge >= 0.3 is 0 Å². The average Bonchev–Trinajstić information content (AvgIpc) is 2.90. The van der Waals surface area contributed by atoms with E-state index in [1.165, 1.54) is 18.9 Å². The summed E-state index contributed by atoms with van der Waals surface area (Å²) in [4.78, 5) is 2.25. The Morgan fingerprint density at radius 3 is 2.27 bits per heavy atom. The van der Waals surface area contributed by atoms with E-state index in [-0.39, 0.29) is 28.6 Å². The summed E-state index contributed by atoms with van der Waals surface area (Å²) < 4.78 is 28.9. The summed E-state index contributed by atoms with van der Waals surface area (Å²) in [7, 11) is 0. The molecule has 0 bridgehead atoms. The normalized spacial score (nSPS) is 14.7. The molecule has 3 rings (SSSR count). The van der Waals surface area contributed by atoms with Crippen molar-refractivity contribution in [3.05, 3.63) is 58.6 Å². The molecule has 138 valence electrons. The standard InChI is InChI=1S/C21H20ClF2N.ClH/c22-19-15-18(16-9-4-3-5-10-16)21(24)20(23)17(19)11-8-14-25-12-6-1-2-7-13-25;/h3-5,9-10,15H,1-2,6-7,12-14H2;1H. The van der Waals surface area contributed by atoms with Crippen molar-refractivity contribution in [2.45, 2.75) is 25.7 Å². The maximum absolute atomic E-state index is 14.5. The molecular formula is C21H21Cl2F2N. The molecule has 1 aliphatic rings. The number of benzene rings is 2. The molecule has 2 aromatic carbocycles. The molecule has 1 nitrogen and oxygen atoms in total. The van der Waals surface area contributed by atoms with Gasteiger partial charge in [0.05, 0.1) is 17.1 Å². The first-order valence-electron chi connectivity index (χ1n) is 8.61. The Labute approximate surface area is 164 Å². The largest absolute Gasteiger partial charge is 0.292 e. The van der Waals surface area contributed by atoms with Crippen molar-refractivity contribution in [2.75, 3.05) is 19.6 Å². The van der Waals surface area contributed by atoms with Gasteiger partial charge in [0, 0.05) is 5.56 Å². The van der Waals surface area contributed by atoms with E-state index < -0.39 is 11.6 Å². The van der Waals surface area contributed by atoms with Gasteiger partial charge in [-0.25, -0.2) is 8.78 Å². The molecule has 0 aliphatic carbocycles. The van der Waals surface area contributed by atoms with Crippen LogP contribution in [0.4, 0.5) is 8.78 Å². The molecule has 0 aromatic heterocycles. The van der Waals surface area contributed by atoms with E-state index in [9.17, 15) is 8.78 Å². The second-order valence-corrected chi connectivity index (χ2v) is 6.67. The van der Waals surface area contributed by atoms with Crippen LogP contribution in [0.5, 0.6) is 0 Å². The molecule has 1 aliphatic heterocycles. The minimum absolute atomic E-state index is 0. The van der Waals surface area contributed by atoms with Crippen LogP contribution < -0.4 is 0 Å². The molecule has 26 heavy (non-hydrogen) atoms. The van der Waals surface area contributed by atoms with Crippen LogP contribution in [0, 0.1) is 23.5 Å². The SMILES string of the molecule is Cl.Fc1c(-c2ccccc2)cc(Cl)c(C#CCN2CCCCCC2)c1F. The van der Waals surface area contributed by atoms with E-state index in [0.29, 0.717) is 12.1 Å².